The number of likely N-dealkylation sites (tertiary alicyclic amines) is 1. The molecule has 9 nitrogen and oxygen atoms in total. The van der Waals surface area contributed by atoms with Crippen molar-refractivity contribution in [2.24, 2.45) is 17.6 Å². The second kappa shape index (κ2) is 9.65. The van der Waals surface area contributed by atoms with Crippen molar-refractivity contribution in [3.63, 3.8) is 0 Å². The number of nitrogens with zero attached hydrogens (tertiary/aromatic N) is 6. The van der Waals surface area contributed by atoms with Gasteiger partial charge in [-0.05, 0) is 50.6 Å². The molecular formula is C29H28F3N7O2. The van der Waals surface area contributed by atoms with Crippen molar-refractivity contribution in [1.82, 2.24) is 29.6 Å². The highest BCUT2D eigenvalue weighted by Gasteiger charge is 2.59. The van der Waals surface area contributed by atoms with Crippen molar-refractivity contribution in [2.45, 2.75) is 38.6 Å². The van der Waals surface area contributed by atoms with E-state index in [1.54, 1.807) is 48.6 Å². The summed E-state index contributed by atoms with van der Waals surface area (Å²) in [4.78, 5) is 28.0. The van der Waals surface area contributed by atoms with Gasteiger partial charge in [-0.1, -0.05) is 12.1 Å². The lowest BCUT2D eigenvalue weighted by Crippen LogP contribution is -2.33. The quantitative estimate of drug-likeness (QED) is 0.370. The van der Waals surface area contributed by atoms with Crippen LogP contribution in [-0.2, 0) is 11.7 Å². The van der Waals surface area contributed by atoms with Crippen LogP contribution in [0.4, 0.5) is 13.2 Å². The molecule has 4 aromatic rings. The summed E-state index contributed by atoms with van der Waals surface area (Å²) in [6.45, 7) is 6.53. The number of aryl methyl sites for hydroxylation is 1. The Balaban J connectivity index is 1.16. The van der Waals surface area contributed by atoms with E-state index in [0.29, 0.717) is 47.4 Å². The number of nitrogens with two attached hydrogens (primary N) is 1. The second-order valence-corrected chi connectivity index (χ2v) is 11.1. The molecule has 1 aliphatic heterocycles. The molecule has 2 N–H and O–H groups in total. The molecule has 0 bridgehead atoms. The molecular weight excluding hydrogens is 535 g/mol. The number of alkyl halides is 3. The van der Waals surface area contributed by atoms with E-state index in [-0.39, 0.29) is 23.8 Å². The van der Waals surface area contributed by atoms with Crippen molar-refractivity contribution in [2.75, 3.05) is 13.1 Å². The summed E-state index contributed by atoms with van der Waals surface area (Å²) < 4.78 is 46.9. The molecule has 2 aliphatic rings. The largest absolute Gasteiger partial charge is 0.474 e. The van der Waals surface area contributed by atoms with Gasteiger partial charge in [0, 0.05) is 60.7 Å². The van der Waals surface area contributed by atoms with Gasteiger partial charge in [0.2, 0.25) is 11.8 Å². The summed E-state index contributed by atoms with van der Waals surface area (Å²) in [6.07, 6.45) is 0.332. The molecule has 41 heavy (non-hydrogen) atoms. The molecule has 1 aromatic carbocycles. The average Bonchev–Trinajstić information content (AvgIpc) is 3.25. The van der Waals surface area contributed by atoms with Crippen LogP contribution in [0.1, 0.15) is 41.0 Å². The van der Waals surface area contributed by atoms with Crippen LogP contribution in [0, 0.1) is 18.8 Å². The Morgan fingerprint density at radius 2 is 1.68 bits per heavy atom. The molecule has 3 atom stereocenters. The number of ether oxygens (including phenoxy) is 1. The summed E-state index contributed by atoms with van der Waals surface area (Å²) in [5, 5.41) is 4.40. The van der Waals surface area contributed by atoms with Crippen molar-refractivity contribution in [1.29, 1.82) is 0 Å². The van der Waals surface area contributed by atoms with E-state index in [0.717, 1.165) is 17.7 Å². The number of rotatable bonds is 6. The molecule has 6 rings (SSSR count). The molecule has 0 radical (unpaired) electrons. The molecule has 1 aliphatic carbocycles. The second-order valence-electron chi connectivity index (χ2n) is 11.1. The minimum atomic E-state index is -4.42. The van der Waals surface area contributed by atoms with Crippen LogP contribution in [0.2, 0.25) is 0 Å². The number of carbonyl (C=O) groups is 1. The van der Waals surface area contributed by atoms with E-state index in [9.17, 15) is 18.0 Å². The van der Waals surface area contributed by atoms with Crippen molar-refractivity contribution < 1.29 is 22.7 Å². The van der Waals surface area contributed by atoms with Crippen LogP contribution in [-0.4, -0.2) is 54.7 Å². The minimum Gasteiger partial charge on any atom is -0.474 e. The molecule has 12 heteroatoms. The number of carbonyl (C=O) groups excluding carboxylic acids is 1. The first-order valence-electron chi connectivity index (χ1n) is 13.2. The standard InChI is InChI=1S/C29H28F3N7O2/c1-16-20(15-39(37-16)27-34-9-4-10-35-27)26(40)38-13-21-22(14-38)25(21)41-24-12-19(28(2,3)33)11-23(36-24)17-5-7-18(8-6-17)29(30,31)32/h4-12,15,21-22,25H,13-14,33H2,1-3H3/t21-,22+,25?. The number of hydrogen-bond donors (Lipinski definition) is 1. The van der Waals surface area contributed by atoms with Crippen LogP contribution in [0.25, 0.3) is 17.2 Å². The zero-order chi connectivity index (χ0) is 29.1. The average molecular weight is 564 g/mol. The molecule has 3 aromatic heterocycles. The molecule has 1 saturated carbocycles. The number of benzene rings is 1. The Kier molecular flexibility index (Phi) is 6.33. The molecule has 212 valence electrons. The number of fused-ring (bicyclic) bond motifs is 1. The van der Waals surface area contributed by atoms with Gasteiger partial charge in [0.15, 0.2) is 0 Å². The molecule has 2 fully saturated rings. The van der Waals surface area contributed by atoms with Crippen LogP contribution in [0.3, 0.4) is 0 Å². The lowest BCUT2D eigenvalue weighted by Gasteiger charge is -2.22. The summed E-state index contributed by atoms with van der Waals surface area (Å²) in [7, 11) is 0. The summed E-state index contributed by atoms with van der Waals surface area (Å²) in [5.74, 6) is 0.937. The zero-order valence-corrected chi connectivity index (χ0v) is 22.6. The van der Waals surface area contributed by atoms with Gasteiger partial charge < -0.3 is 15.4 Å². The molecule has 0 spiro atoms. The van der Waals surface area contributed by atoms with E-state index in [4.69, 9.17) is 10.5 Å². The Hall–Kier alpha value is -4.32. The highest BCUT2D eigenvalue weighted by Crippen LogP contribution is 2.48. The highest BCUT2D eigenvalue weighted by molar-refractivity contribution is 5.95. The van der Waals surface area contributed by atoms with E-state index in [1.807, 2.05) is 13.8 Å². The predicted molar refractivity (Wildman–Crippen MR) is 143 cm³/mol. The maximum absolute atomic E-state index is 13.3. The van der Waals surface area contributed by atoms with Gasteiger partial charge in [-0.25, -0.2) is 19.6 Å². The van der Waals surface area contributed by atoms with Gasteiger partial charge in [-0.15, -0.1) is 0 Å². The number of amides is 1. The van der Waals surface area contributed by atoms with Gasteiger partial charge in [-0.3, -0.25) is 4.79 Å². The number of pyridine rings is 1. The SMILES string of the molecule is Cc1nn(-c2ncccn2)cc1C(=O)N1C[C@@H]2C(Oc3cc(C(C)(C)N)cc(-c4ccc(C(F)(F)F)cc4)n3)[C@@H]2C1. The Bertz CT molecular complexity index is 1590. The summed E-state index contributed by atoms with van der Waals surface area (Å²) >= 11 is 0. The van der Waals surface area contributed by atoms with Gasteiger partial charge in [0.1, 0.15) is 6.10 Å². The first-order valence-corrected chi connectivity index (χ1v) is 13.2. The van der Waals surface area contributed by atoms with E-state index in [2.05, 4.69) is 20.1 Å². The third-order valence-corrected chi connectivity index (χ3v) is 7.60. The Morgan fingerprint density at radius 1 is 1.02 bits per heavy atom. The monoisotopic (exact) mass is 563 g/mol. The molecule has 1 unspecified atom stereocenters. The number of piperidine rings is 1. The lowest BCUT2D eigenvalue weighted by molar-refractivity contribution is -0.137. The molecule has 1 saturated heterocycles. The van der Waals surface area contributed by atoms with Gasteiger partial charge in [0.25, 0.3) is 5.91 Å². The van der Waals surface area contributed by atoms with Crippen LogP contribution in [0.5, 0.6) is 5.88 Å². The zero-order valence-electron chi connectivity index (χ0n) is 22.6. The first kappa shape index (κ1) is 26.9. The maximum Gasteiger partial charge on any atom is 0.416 e. The number of aromatic nitrogens is 5. The van der Waals surface area contributed by atoms with Crippen molar-refractivity contribution in [3.8, 4) is 23.1 Å². The van der Waals surface area contributed by atoms with Gasteiger partial charge in [-0.2, -0.15) is 18.3 Å². The highest BCUT2D eigenvalue weighted by atomic mass is 19.4. The summed E-state index contributed by atoms with van der Waals surface area (Å²) in [5.41, 5.74) is 7.74. The number of halogens is 3. The Labute approximate surface area is 234 Å². The fourth-order valence-electron chi connectivity index (χ4n) is 5.22. The smallest absolute Gasteiger partial charge is 0.416 e. The fourth-order valence-corrected chi connectivity index (χ4v) is 5.22. The van der Waals surface area contributed by atoms with Crippen LogP contribution < -0.4 is 10.5 Å². The third-order valence-electron chi connectivity index (χ3n) is 7.60. The topological polar surface area (TPSA) is 112 Å². The van der Waals surface area contributed by atoms with E-state index < -0.39 is 17.3 Å². The van der Waals surface area contributed by atoms with Crippen LogP contribution in [0.15, 0.2) is 61.1 Å². The van der Waals surface area contributed by atoms with Crippen molar-refractivity contribution in [3.05, 3.63) is 83.4 Å². The van der Waals surface area contributed by atoms with Crippen LogP contribution >= 0.6 is 0 Å². The minimum absolute atomic E-state index is 0.106. The number of hydrogen-bond acceptors (Lipinski definition) is 7. The van der Waals surface area contributed by atoms with E-state index >= 15 is 0 Å². The summed E-state index contributed by atoms with van der Waals surface area (Å²) in [6, 6.07) is 10.1. The third kappa shape index (κ3) is 5.26. The predicted octanol–water partition coefficient (Wildman–Crippen LogP) is 4.39. The normalized spacial score (nSPS) is 20.2. The molecule has 1 amide bonds. The van der Waals surface area contributed by atoms with E-state index in [1.165, 1.54) is 16.8 Å². The fraction of sp³-hybridized carbons (Fsp3) is 0.345. The van der Waals surface area contributed by atoms with Gasteiger partial charge >= 0.3 is 6.18 Å². The molecule has 4 heterocycles. The first-order chi connectivity index (χ1) is 19.4. The Morgan fingerprint density at radius 3 is 2.29 bits per heavy atom. The van der Waals surface area contributed by atoms with Crippen molar-refractivity contribution >= 4 is 5.91 Å². The van der Waals surface area contributed by atoms with Gasteiger partial charge in [0.05, 0.1) is 22.5 Å². The lowest BCUT2D eigenvalue weighted by atomic mass is 9.94. The maximum atomic E-state index is 13.3.